The van der Waals surface area contributed by atoms with E-state index in [1.165, 1.54) is 32.1 Å². The number of hydrogen-bond acceptors (Lipinski definition) is 4. The van der Waals surface area contributed by atoms with E-state index in [-0.39, 0.29) is 18.2 Å². The van der Waals surface area contributed by atoms with E-state index in [9.17, 15) is 14.9 Å². The first-order valence-electron chi connectivity index (χ1n) is 10.2. The summed E-state index contributed by atoms with van der Waals surface area (Å²) in [7, 11) is 0. The highest BCUT2D eigenvalue weighted by molar-refractivity contribution is 5.88. The largest absolute Gasteiger partial charge is 0.369 e. The van der Waals surface area contributed by atoms with Crippen molar-refractivity contribution >= 4 is 11.8 Å². The van der Waals surface area contributed by atoms with Crippen LogP contribution in [0, 0.1) is 16.7 Å². The van der Waals surface area contributed by atoms with Crippen LogP contribution in [0.2, 0.25) is 0 Å². The highest BCUT2D eigenvalue weighted by Gasteiger charge is 2.45. The molecular formula is C20H32N4O2. The Kier molecular flexibility index (Phi) is 5.86. The molecule has 3 rings (SSSR count). The van der Waals surface area contributed by atoms with Crippen molar-refractivity contribution < 1.29 is 9.59 Å². The fourth-order valence-corrected chi connectivity index (χ4v) is 5.18. The second-order valence-corrected chi connectivity index (χ2v) is 8.64. The molecule has 1 unspecified atom stereocenters. The molecule has 0 radical (unpaired) electrons. The summed E-state index contributed by atoms with van der Waals surface area (Å²) in [5, 5.41) is 12.8. The predicted octanol–water partition coefficient (Wildman–Crippen LogP) is 2.23. The number of carbonyl (C=O) groups is 2. The third kappa shape index (κ3) is 4.03. The van der Waals surface area contributed by atoms with Gasteiger partial charge in [-0.3, -0.25) is 14.5 Å². The van der Waals surface area contributed by atoms with E-state index in [0.717, 1.165) is 25.8 Å². The molecule has 3 N–H and O–H groups in total. The number of nitrogens with zero attached hydrogens (tertiary/aromatic N) is 2. The van der Waals surface area contributed by atoms with Gasteiger partial charge in [0.05, 0.1) is 11.5 Å². The quantitative estimate of drug-likeness (QED) is 0.785. The van der Waals surface area contributed by atoms with Gasteiger partial charge in [-0.25, -0.2) is 0 Å². The molecule has 0 aromatic rings. The van der Waals surface area contributed by atoms with Gasteiger partial charge < -0.3 is 11.1 Å². The standard InChI is InChI=1S/C20H32N4O2/c21-14-20(11-12-24(15-20)16-7-3-1-4-8-16)23-17(25)13-19(18(22)26)9-5-2-6-10-19/h16H,1-13,15H2,(H2,22,26)(H,23,25). The highest BCUT2D eigenvalue weighted by atomic mass is 16.2. The summed E-state index contributed by atoms with van der Waals surface area (Å²) in [6, 6.07) is 2.91. The normalized spacial score (nSPS) is 29.8. The SMILES string of the molecule is N#CC1(NC(=O)CC2(C(N)=O)CCCCC2)CCN(C2CCCCC2)C1. The molecule has 1 saturated heterocycles. The van der Waals surface area contributed by atoms with Crippen molar-refractivity contribution in [1.29, 1.82) is 5.26 Å². The number of primary amides is 1. The summed E-state index contributed by atoms with van der Waals surface area (Å²) < 4.78 is 0. The van der Waals surface area contributed by atoms with Gasteiger partial charge in [-0.15, -0.1) is 0 Å². The minimum atomic E-state index is -0.817. The molecule has 6 nitrogen and oxygen atoms in total. The summed E-state index contributed by atoms with van der Waals surface area (Å²) in [5.74, 6) is -0.564. The van der Waals surface area contributed by atoms with Gasteiger partial charge in [0.2, 0.25) is 11.8 Å². The van der Waals surface area contributed by atoms with Crippen molar-refractivity contribution in [2.75, 3.05) is 13.1 Å². The number of nitrogens with one attached hydrogen (secondary N) is 1. The van der Waals surface area contributed by atoms with Gasteiger partial charge in [-0.05, 0) is 32.1 Å². The van der Waals surface area contributed by atoms with Crippen molar-refractivity contribution in [1.82, 2.24) is 10.2 Å². The van der Waals surface area contributed by atoms with E-state index < -0.39 is 11.0 Å². The molecule has 1 heterocycles. The van der Waals surface area contributed by atoms with E-state index >= 15 is 0 Å². The number of amides is 2. The maximum Gasteiger partial charge on any atom is 0.224 e. The zero-order valence-corrected chi connectivity index (χ0v) is 15.8. The molecule has 0 bridgehead atoms. The van der Waals surface area contributed by atoms with Crippen molar-refractivity contribution in [3.05, 3.63) is 0 Å². The number of nitrogens with two attached hydrogens (primary N) is 1. The molecule has 144 valence electrons. The van der Waals surface area contributed by atoms with Crippen LogP contribution in [0.25, 0.3) is 0 Å². The molecule has 0 aromatic heterocycles. The molecular weight excluding hydrogens is 328 g/mol. The molecule has 3 fully saturated rings. The Morgan fingerprint density at radius 3 is 2.35 bits per heavy atom. The minimum Gasteiger partial charge on any atom is -0.369 e. The lowest BCUT2D eigenvalue weighted by Crippen LogP contribution is -2.52. The molecule has 0 aromatic carbocycles. The summed E-state index contributed by atoms with van der Waals surface area (Å²) in [4.78, 5) is 27.1. The van der Waals surface area contributed by atoms with E-state index in [1.54, 1.807) is 0 Å². The first kappa shape index (κ1) is 19.2. The van der Waals surface area contributed by atoms with Crippen LogP contribution in [0.15, 0.2) is 0 Å². The van der Waals surface area contributed by atoms with Crippen molar-refractivity contribution in [2.24, 2.45) is 11.1 Å². The van der Waals surface area contributed by atoms with E-state index in [4.69, 9.17) is 5.73 Å². The summed E-state index contributed by atoms with van der Waals surface area (Å²) >= 11 is 0. The Hall–Kier alpha value is -1.61. The lowest BCUT2D eigenvalue weighted by atomic mass is 9.71. The van der Waals surface area contributed by atoms with Crippen LogP contribution in [-0.4, -0.2) is 41.4 Å². The number of nitriles is 1. The summed E-state index contributed by atoms with van der Waals surface area (Å²) in [5.41, 5.74) is 4.11. The Balaban J connectivity index is 1.61. The first-order valence-corrected chi connectivity index (χ1v) is 10.2. The monoisotopic (exact) mass is 360 g/mol. The number of rotatable bonds is 5. The number of hydrogen-bond donors (Lipinski definition) is 2. The van der Waals surface area contributed by atoms with E-state index in [1.807, 2.05) is 0 Å². The molecule has 0 spiro atoms. The molecule has 6 heteroatoms. The molecule has 2 amide bonds. The van der Waals surface area contributed by atoms with Crippen LogP contribution in [0.4, 0.5) is 0 Å². The van der Waals surface area contributed by atoms with Gasteiger partial charge in [-0.2, -0.15) is 5.26 Å². The molecule has 1 aliphatic heterocycles. The molecule has 2 aliphatic carbocycles. The number of carbonyl (C=O) groups excluding carboxylic acids is 2. The molecule has 26 heavy (non-hydrogen) atoms. The molecule has 1 atom stereocenters. The zero-order chi connectivity index (χ0) is 18.6. The Bertz CT molecular complexity index is 573. The van der Waals surface area contributed by atoms with Crippen LogP contribution in [0.3, 0.4) is 0 Å². The van der Waals surface area contributed by atoms with Gasteiger partial charge >= 0.3 is 0 Å². The third-order valence-electron chi connectivity index (χ3n) is 6.81. The average molecular weight is 361 g/mol. The second-order valence-electron chi connectivity index (χ2n) is 8.64. The third-order valence-corrected chi connectivity index (χ3v) is 6.81. The second kappa shape index (κ2) is 7.96. The van der Waals surface area contributed by atoms with Gasteiger partial charge in [0.1, 0.15) is 5.54 Å². The fourth-order valence-electron chi connectivity index (χ4n) is 5.18. The maximum atomic E-state index is 12.7. The Morgan fingerprint density at radius 2 is 1.73 bits per heavy atom. The van der Waals surface area contributed by atoms with Gasteiger partial charge in [0.25, 0.3) is 0 Å². The number of likely N-dealkylation sites (tertiary alicyclic amines) is 1. The first-order chi connectivity index (χ1) is 12.5. The molecule has 2 saturated carbocycles. The van der Waals surface area contributed by atoms with Gasteiger partial charge in [0, 0.05) is 25.6 Å². The van der Waals surface area contributed by atoms with Gasteiger partial charge in [0.15, 0.2) is 0 Å². The Morgan fingerprint density at radius 1 is 1.08 bits per heavy atom. The molecule has 3 aliphatic rings. The van der Waals surface area contributed by atoms with Crippen molar-refractivity contribution in [3.8, 4) is 6.07 Å². The van der Waals surface area contributed by atoms with E-state index in [2.05, 4.69) is 16.3 Å². The summed E-state index contributed by atoms with van der Waals surface area (Å²) in [6.07, 6.45) is 11.3. The maximum absolute atomic E-state index is 12.7. The topological polar surface area (TPSA) is 99.2 Å². The van der Waals surface area contributed by atoms with Crippen LogP contribution in [-0.2, 0) is 9.59 Å². The predicted molar refractivity (Wildman–Crippen MR) is 98.9 cm³/mol. The van der Waals surface area contributed by atoms with Crippen LogP contribution < -0.4 is 11.1 Å². The highest BCUT2D eigenvalue weighted by Crippen LogP contribution is 2.39. The van der Waals surface area contributed by atoms with Crippen LogP contribution >= 0.6 is 0 Å². The van der Waals surface area contributed by atoms with Crippen molar-refractivity contribution in [2.45, 2.75) is 88.6 Å². The van der Waals surface area contributed by atoms with Gasteiger partial charge in [-0.1, -0.05) is 38.5 Å². The van der Waals surface area contributed by atoms with E-state index in [0.29, 0.717) is 31.8 Å². The van der Waals surface area contributed by atoms with Crippen molar-refractivity contribution in [3.63, 3.8) is 0 Å². The van der Waals surface area contributed by atoms with Crippen LogP contribution in [0.1, 0.15) is 77.0 Å². The smallest absolute Gasteiger partial charge is 0.224 e. The average Bonchev–Trinajstić information content (AvgIpc) is 3.07. The lowest BCUT2D eigenvalue weighted by Gasteiger charge is -2.35. The lowest BCUT2D eigenvalue weighted by molar-refractivity contribution is -0.136. The van der Waals surface area contributed by atoms with Crippen LogP contribution in [0.5, 0.6) is 0 Å². The summed E-state index contributed by atoms with van der Waals surface area (Å²) in [6.45, 7) is 1.46. The Labute approximate surface area is 156 Å². The zero-order valence-electron chi connectivity index (χ0n) is 15.8. The fraction of sp³-hybridized carbons (Fsp3) is 0.850. The minimum absolute atomic E-state index is 0.120.